The molecule has 0 aromatic heterocycles. The predicted molar refractivity (Wildman–Crippen MR) is 215 cm³/mol. The maximum absolute atomic E-state index is 12.6. The van der Waals surface area contributed by atoms with Crippen LogP contribution in [0.4, 0.5) is 0 Å². The van der Waals surface area contributed by atoms with Gasteiger partial charge in [-0.05, 0) is 64.5 Å². The first-order valence-corrected chi connectivity index (χ1v) is 28.7. The third kappa shape index (κ3) is 27.8. The van der Waals surface area contributed by atoms with Gasteiger partial charge in [-0.3, -0.25) is 14.4 Å². The van der Waals surface area contributed by atoms with E-state index < -0.39 is 24.7 Å². The van der Waals surface area contributed by atoms with Crippen LogP contribution < -0.4 is 16.0 Å². The average molecular weight is 760 g/mol. The molecule has 0 aromatic carbocycles. The molecule has 0 bridgehead atoms. The van der Waals surface area contributed by atoms with Gasteiger partial charge in [0.2, 0.25) is 0 Å². The van der Waals surface area contributed by atoms with Crippen molar-refractivity contribution in [2.75, 3.05) is 80.6 Å². The number of unbranched alkanes of at least 4 members (excludes halogenated alkanes) is 3. The number of rotatable bonds is 28. The summed E-state index contributed by atoms with van der Waals surface area (Å²) in [6.07, 6.45) is 6.74. The zero-order valence-corrected chi connectivity index (χ0v) is 37.3. The van der Waals surface area contributed by atoms with Crippen molar-refractivity contribution in [2.45, 2.75) is 116 Å². The summed E-state index contributed by atoms with van der Waals surface area (Å²) in [6.45, 7) is 25.5. The van der Waals surface area contributed by atoms with Gasteiger partial charge in [0.15, 0.2) is 36.3 Å². The van der Waals surface area contributed by atoms with Gasteiger partial charge in [-0.15, -0.1) is 0 Å². The van der Waals surface area contributed by atoms with Gasteiger partial charge >= 0.3 is 5.97 Å². The standard InChI is InChI=1S/C36H75N5O6Si3/c1-32(2)36(45)46-25-20-24-40(3,4)29-33(42)37-22-15-18-27-49(10,11)47-50(12,13)28-19-16-23-39-35(44)31-41(5,6)30-34(43)38-21-14-17-26-48(7,8)9/h1,14-31H2,2-13H3,(H-2,37,38,39,42,43,44)/p+2. The molecule has 0 aliphatic carbocycles. The molecule has 0 rings (SSSR count). The number of likely N-dealkylation sites (N-methyl/N-ethyl adjacent to an activating group) is 2. The normalized spacial score (nSPS) is 12.7. The quantitative estimate of drug-likeness (QED) is 0.0336. The number of ether oxygens (including phenoxy) is 1. The van der Waals surface area contributed by atoms with Gasteiger partial charge in [-0.1, -0.05) is 51.5 Å². The number of carbonyl (C=O) groups excluding carboxylic acids is 4. The lowest BCUT2D eigenvalue weighted by atomic mass is 10.3. The molecular formula is C36H77N5O6Si3+2. The highest BCUT2D eigenvalue weighted by Gasteiger charge is 2.32. The Labute approximate surface area is 309 Å². The monoisotopic (exact) mass is 760 g/mol. The third-order valence-corrected chi connectivity index (χ3v) is 17.9. The number of quaternary nitrogens is 2. The van der Waals surface area contributed by atoms with Crippen LogP contribution in [-0.2, 0) is 28.0 Å². The minimum absolute atomic E-state index is 0.00475. The summed E-state index contributed by atoms with van der Waals surface area (Å²) in [5, 5.41) is 9.14. The summed E-state index contributed by atoms with van der Waals surface area (Å²) in [6, 6.07) is 3.40. The number of hydrogen-bond acceptors (Lipinski definition) is 6. The molecule has 50 heavy (non-hydrogen) atoms. The Morgan fingerprint density at radius 3 is 1.34 bits per heavy atom. The summed E-state index contributed by atoms with van der Waals surface area (Å²) in [7, 11) is 3.17. The van der Waals surface area contributed by atoms with Gasteiger partial charge in [-0.2, -0.15) is 0 Å². The number of carbonyl (C=O) groups is 4. The van der Waals surface area contributed by atoms with E-state index in [1.807, 2.05) is 28.2 Å². The number of amides is 3. The van der Waals surface area contributed by atoms with Crippen LogP contribution in [0, 0.1) is 0 Å². The number of nitrogens with zero attached hydrogens (tertiary/aromatic N) is 2. The topological polar surface area (TPSA) is 123 Å². The largest absolute Gasteiger partial charge is 0.462 e. The molecule has 11 nitrogen and oxygen atoms in total. The minimum atomic E-state index is -1.84. The van der Waals surface area contributed by atoms with Crippen LogP contribution in [0.15, 0.2) is 12.2 Å². The molecule has 0 saturated carbocycles. The zero-order valence-electron chi connectivity index (χ0n) is 34.3. The van der Waals surface area contributed by atoms with Crippen LogP contribution in [-0.4, -0.2) is 138 Å². The minimum Gasteiger partial charge on any atom is -0.462 e. The Morgan fingerprint density at radius 1 is 0.580 bits per heavy atom. The zero-order chi connectivity index (χ0) is 38.7. The smallest absolute Gasteiger partial charge is 0.333 e. The number of nitrogens with one attached hydrogen (secondary N) is 3. The van der Waals surface area contributed by atoms with Crippen molar-refractivity contribution >= 4 is 48.4 Å². The van der Waals surface area contributed by atoms with E-state index in [0.29, 0.717) is 60.3 Å². The molecular weight excluding hydrogens is 683 g/mol. The summed E-state index contributed by atoms with van der Waals surface area (Å²) in [5.74, 6) is -0.348. The maximum atomic E-state index is 12.6. The lowest BCUT2D eigenvalue weighted by molar-refractivity contribution is -0.882. The SMILES string of the molecule is C=C(C)C(=O)OCCC[N+](C)(C)CC(=O)NCCCC[Si](C)(C)O[Si](C)(C)CCCCNC(=O)C[N+](C)(C)CC(=O)NCCCC[Si](C)(C)C. The van der Waals surface area contributed by atoms with Gasteiger partial charge < -0.3 is 33.8 Å². The van der Waals surface area contributed by atoms with Crippen molar-refractivity contribution in [3.05, 3.63) is 12.2 Å². The molecule has 0 fully saturated rings. The van der Waals surface area contributed by atoms with Crippen LogP contribution in [0.2, 0.25) is 64.0 Å². The maximum Gasteiger partial charge on any atom is 0.333 e. The lowest BCUT2D eigenvalue weighted by Gasteiger charge is -2.34. The van der Waals surface area contributed by atoms with Gasteiger partial charge in [0.05, 0.1) is 41.3 Å². The van der Waals surface area contributed by atoms with Crippen LogP contribution in [0.5, 0.6) is 0 Å². The molecule has 0 radical (unpaired) electrons. The fourth-order valence-electron chi connectivity index (χ4n) is 5.91. The summed E-state index contributed by atoms with van der Waals surface area (Å²) in [5.41, 5.74) is 0.393. The molecule has 292 valence electrons. The summed E-state index contributed by atoms with van der Waals surface area (Å²) in [4.78, 5) is 49.1. The third-order valence-electron chi connectivity index (χ3n) is 8.49. The molecule has 0 aliphatic heterocycles. The van der Waals surface area contributed by atoms with Gasteiger partial charge in [0, 0.05) is 39.7 Å². The Morgan fingerprint density at radius 2 is 0.960 bits per heavy atom. The van der Waals surface area contributed by atoms with Crippen LogP contribution >= 0.6 is 0 Å². The van der Waals surface area contributed by atoms with Gasteiger partial charge in [0.25, 0.3) is 17.7 Å². The van der Waals surface area contributed by atoms with Crippen molar-refractivity contribution < 1.29 is 37.0 Å². The molecule has 0 spiro atoms. The van der Waals surface area contributed by atoms with E-state index in [0.717, 1.165) is 57.2 Å². The second-order valence-electron chi connectivity index (χ2n) is 17.9. The molecule has 0 unspecified atom stereocenters. The highest BCUT2D eigenvalue weighted by molar-refractivity contribution is 6.84. The van der Waals surface area contributed by atoms with Crippen LogP contribution in [0.3, 0.4) is 0 Å². The first-order valence-electron chi connectivity index (χ1n) is 18.8. The molecule has 3 N–H and O–H groups in total. The Balaban J connectivity index is 4.21. The van der Waals surface area contributed by atoms with Crippen LogP contribution in [0.1, 0.15) is 51.9 Å². The van der Waals surface area contributed by atoms with E-state index >= 15 is 0 Å². The summed E-state index contributed by atoms with van der Waals surface area (Å²) >= 11 is 0. The Kier molecular flexibility index (Phi) is 22.1. The lowest BCUT2D eigenvalue weighted by Crippen LogP contribution is -2.52. The molecule has 14 heteroatoms. The van der Waals surface area contributed by atoms with Crippen molar-refractivity contribution in [2.24, 2.45) is 0 Å². The van der Waals surface area contributed by atoms with E-state index in [1.165, 1.54) is 6.04 Å². The fourth-order valence-corrected chi connectivity index (χ4v) is 16.2. The highest BCUT2D eigenvalue weighted by atomic mass is 28.4. The van der Waals surface area contributed by atoms with E-state index in [1.54, 1.807) is 6.92 Å². The Bertz CT molecular complexity index is 1080. The molecule has 0 aromatic rings. The van der Waals surface area contributed by atoms with Crippen molar-refractivity contribution in [1.82, 2.24) is 16.0 Å². The molecule has 0 saturated heterocycles. The fraction of sp³-hybridized carbons (Fsp3) is 0.833. The molecule has 3 amide bonds. The number of hydrogen-bond donors (Lipinski definition) is 3. The summed E-state index contributed by atoms with van der Waals surface area (Å²) < 4.78 is 12.8. The van der Waals surface area contributed by atoms with E-state index in [9.17, 15) is 19.2 Å². The average Bonchev–Trinajstić information content (AvgIpc) is 2.92. The van der Waals surface area contributed by atoms with E-state index in [-0.39, 0.29) is 30.2 Å². The highest BCUT2D eigenvalue weighted by Crippen LogP contribution is 2.24. The number of esters is 1. The van der Waals surface area contributed by atoms with Gasteiger partial charge in [0.1, 0.15) is 0 Å². The first-order chi connectivity index (χ1) is 22.8. The first kappa shape index (κ1) is 48.2. The second-order valence-corrected chi connectivity index (χ2v) is 32.4. The van der Waals surface area contributed by atoms with Crippen molar-refractivity contribution in [1.29, 1.82) is 0 Å². The molecule has 0 heterocycles. The predicted octanol–water partition coefficient (Wildman–Crippen LogP) is 5.10. The molecule has 0 aliphatic rings. The molecule has 0 atom stereocenters. The van der Waals surface area contributed by atoms with E-state index in [2.05, 4.69) is 68.4 Å². The van der Waals surface area contributed by atoms with Crippen molar-refractivity contribution in [3.63, 3.8) is 0 Å². The Hall–Kier alpha value is -1.85. The van der Waals surface area contributed by atoms with E-state index in [4.69, 9.17) is 8.85 Å². The second kappa shape index (κ2) is 22.9. The van der Waals surface area contributed by atoms with Crippen molar-refractivity contribution in [3.8, 4) is 0 Å². The van der Waals surface area contributed by atoms with Gasteiger partial charge in [-0.25, -0.2) is 4.79 Å². The van der Waals surface area contributed by atoms with Crippen LogP contribution in [0.25, 0.3) is 0 Å².